The van der Waals surface area contributed by atoms with Crippen LogP contribution < -0.4 is 10.6 Å². The van der Waals surface area contributed by atoms with E-state index in [1.54, 1.807) is 0 Å². The number of fused-ring (bicyclic) bond motifs is 1. The minimum absolute atomic E-state index is 0.264. The Bertz CT molecular complexity index is 1110. The van der Waals surface area contributed by atoms with Gasteiger partial charge in [0.1, 0.15) is 5.65 Å². The highest BCUT2D eigenvalue weighted by Gasteiger charge is 2.06. The van der Waals surface area contributed by atoms with Crippen molar-refractivity contribution in [3.05, 3.63) is 84.2 Å². The lowest BCUT2D eigenvalue weighted by Gasteiger charge is -2.08. The molecule has 0 aliphatic heterocycles. The normalized spacial score (nSPS) is 10.8. The fraction of sp³-hybridized carbons (Fsp3) is 0.130. The lowest BCUT2D eigenvalue weighted by atomic mass is 10.1. The van der Waals surface area contributed by atoms with Gasteiger partial charge >= 0.3 is 6.03 Å². The molecular weight excluding hydrogens is 348 g/mol. The Balaban J connectivity index is 1.44. The van der Waals surface area contributed by atoms with Crippen molar-refractivity contribution in [3.8, 4) is 11.3 Å². The van der Waals surface area contributed by atoms with E-state index in [4.69, 9.17) is 0 Å². The number of aromatic nitrogens is 2. The average Bonchev–Trinajstić information content (AvgIpc) is 3.12. The Morgan fingerprint density at radius 3 is 2.25 bits per heavy atom. The first kappa shape index (κ1) is 17.8. The summed E-state index contributed by atoms with van der Waals surface area (Å²) in [7, 11) is 0. The molecule has 2 N–H and O–H groups in total. The van der Waals surface area contributed by atoms with E-state index in [0.717, 1.165) is 34.7 Å². The van der Waals surface area contributed by atoms with Crippen LogP contribution in [0.2, 0.25) is 0 Å². The number of nitrogens with zero attached hydrogens (tertiary/aromatic N) is 2. The summed E-state index contributed by atoms with van der Waals surface area (Å²) in [5.41, 5.74) is 6.74. The van der Waals surface area contributed by atoms with E-state index in [2.05, 4.69) is 41.6 Å². The van der Waals surface area contributed by atoms with Gasteiger partial charge in [0.15, 0.2) is 0 Å². The molecule has 0 saturated heterocycles. The first-order chi connectivity index (χ1) is 13.6. The van der Waals surface area contributed by atoms with Gasteiger partial charge in [0.25, 0.3) is 0 Å². The number of aryl methyl sites for hydroxylation is 2. The lowest BCUT2D eigenvalue weighted by molar-refractivity contribution is 0.262. The Morgan fingerprint density at radius 2 is 1.61 bits per heavy atom. The van der Waals surface area contributed by atoms with E-state index >= 15 is 0 Å². The molecule has 4 aromatic rings. The number of pyridine rings is 1. The van der Waals surface area contributed by atoms with Crippen molar-refractivity contribution in [1.82, 2.24) is 9.38 Å². The third-order valence-electron chi connectivity index (χ3n) is 4.67. The number of amides is 2. The molecule has 140 valence electrons. The van der Waals surface area contributed by atoms with Crippen molar-refractivity contribution in [2.24, 2.45) is 0 Å². The van der Waals surface area contributed by atoms with Gasteiger partial charge in [-0.1, -0.05) is 31.2 Å². The van der Waals surface area contributed by atoms with Gasteiger partial charge in [-0.15, -0.1) is 0 Å². The van der Waals surface area contributed by atoms with E-state index in [0.29, 0.717) is 0 Å². The van der Waals surface area contributed by atoms with Gasteiger partial charge in [-0.2, -0.15) is 0 Å². The number of urea groups is 1. The van der Waals surface area contributed by atoms with E-state index in [1.807, 2.05) is 65.3 Å². The number of nitrogens with one attached hydrogen (secondary N) is 2. The summed E-state index contributed by atoms with van der Waals surface area (Å²) in [6, 6.07) is 19.4. The number of rotatable bonds is 4. The van der Waals surface area contributed by atoms with Crippen LogP contribution in [-0.4, -0.2) is 15.4 Å². The van der Waals surface area contributed by atoms with Crippen LogP contribution in [0.15, 0.2) is 73.1 Å². The van der Waals surface area contributed by atoms with Crippen LogP contribution in [-0.2, 0) is 6.42 Å². The molecule has 5 heteroatoms. The second kappa shape index (κ2) is 7.56. The van der Waals surface area contributed by atoms with Gasteiger partial charge in [0, 0.05) is 29.3 Å². The minimum Gasteiger partial charge on any atom is -0.308 e. The van der Waals surface area contributed by atoms with Crippen LogP contribution >= 0.6 is 0 Å². The minimum atomic E-state index is -0.264. The Labute approximate surface area is 164 Å². The Morgan fingerprint density at radius 1 is 0.964 bits per heavy atom. The van der Waals surface area contributed by atoms with Crippen molar-refractivity contribution in [1.29, 1.82) is 0 Å². The second-order valence-corrected chi connectivity index (χ2v) is 6.80. The molecule has 0 fully saturated rings. The summed E-state index contributed by atoms with van der Waals surface area (Å²) in [4.78, 5) is 16.9. The van der Waals surface area contributed by atoms with Gasteiger partial charge in [-0.05, 0) is 60.9 Å². The lowest BCUT2D eigenvalue weighted by Crippen LogP contribution is -2.19. The number of imidazole rings is 1. The maximum atomic E-state index is 12.2. The number of carbonyl (C=O) groups is 1. The fourth-order valence-electron chi connectivity index (χ4n) is 3.06. The van der Waals surface area contributed by atoms with E-state index < -0.39 is 0 Å². The quantitative estimate of drug-likeness (QED) is 0.497. The highest BCUT2D eigenvalue weighted by Crippen LogP contribution is 2.22. The maximum absolute atomic E-state index is 12.2. The molecule has 5 nitrogen and oxygen atoms in total. The van der Waals surface area contributed by atoms with Crippen molar-refractivity contribution in [2.75, 3.05) is 10.6 Å². The van der Waals surface area contributed by atoms with Gasteiger partial charge < -0.3 is 15.0 Å². The van der Waals surface area contributed by atoms with E-state index in [9.17, 15) is 4.79 Å². The molecule has 0 atom stereocenters. The standard InChI is InChI=1S/C23H22N4O/c1-3-17-4-8-19(9-5-17)24-23(28)25-20-10-6-18(7-11-20)21-15-27-13-12-16(2)14-22(27)26-21/h4-15H,3H2,1-2H3,(H2,24,25,28). The first-order valence-corrected chi connectivity index (χ1v) is 9.33. The summed E-state index contributed by atoms with van der Waals surface area (Å²) in [5.74, 6) is 0. The Hall–Kier alpha value is -3.60. The van der Waals surface area contributed by atoms with Gasteiger partial charge in [-0.25, -0.2) is 9.78 Å². The molecule has 2 aromatic heterocycles. The second-order valence-electron chi connectivity index (χ2n) is 6.80. The van der Waals surface area contributed by atoms with Crippen LogP contribution in [0.5, 0.6) is 0 Å². The zero-order chi connectivity index (χ0) is 19.5. The third-order valence-corrected chi connectivity index (χ3v) is 4.67. The maximum Gasteiger partial charge on any atom is 0.323 e. The topological polar surface area (TPSA) is 58.4 Å². The third kappa shape index (κ3) is 3.88. The molecular formula is C23H22N4O. The van der Waals surface area contributed by atoms with Crippen molar-refractivity contribution < 1.29 is 4.79 Å². The largest absolute Gasteiger partial charge is 0.323 e. The molecule has 2 heterocycles. The summed E-state index contributed by atoms with van der Waals surface area (Å²) in [6.45, 7) is 4.16. The highest BCUT2D eigenvalue weighted by atomic mass is 16.2. The summed E-state index contributed by atoms with van der Waals surface area (Å²) in [5, 5.41) is 5.70. The summed E-state index contributed by atoms with van der Waals surface area (Å²) >= 11 is 0. The molecule has 0 aliphatic carbocycles. The van der Waals surface area contributed by atoms with E-state index in [1.165, 1.54) is 11.1 Å². The molecule has 0 saturated carbocycles. The molecule has 28 heavy (non-hydrogen) atoms. The average molecular weight is 370 g/mol. The number of benzene rings is 2. The van der Waals surface area contributed by atoms with Crippen LogP contribution in [0.3, 0.4) is 0 Å². The predicted molar refractivity (Wildman–Crippen MR) is 114 cm³/mol. The number of hydrogen-bond acceptors (Lipinski definition) is 2. The molecule has 0 aliphatic rings. The zero-order valence-electron chi connectivity index (χ0n) is 15.9. The predicted octanol–water partition coefficient (Wildman–Crippen LogP) is 5.52. The number of anilines is 2. The zero-order valence-corrected chi connectivity index (χ0v) is 15.9. The molecule has 0 spiro atoms. The van der Waals surface area contributed by atoms with Crippen molar-refractivity contribution in [3.63, 3.8) is 0 Å². The fourth-order valence-corrected chi connectivity index (χ4v) is 3.06. The summed E-state index contributed by atoms with van der Waals surface area (Å²) < 4.78 is 2.01. The number of carbonyl (C=O) groups excluding carboxylic acids is 1. The molecule has 0 bridgehead atoms. The monoisotopic (exact) mass is 370 g/mol. The van der Waals surface area contributed by atoms with Gasteiger partial charge in [-0.3, -0.25) is 0 Å². The molecule has 2 amide bonds. The van der Waals surface area contributed by atoms with Crippen LogP contribution in [0, 0.1) is 6.92 Å². The van der Waals surface area contributed by atoms with E-state index in [-0.39, 0.29) is 6.03 Å². The molecule has 4 rings (SSSR count). The molecule has 2 aromatic carbocycles. The van der Waals surface area contributed by atoms with Crippen LogP contribution in [0.1, 0.15) is 18.1 Å². The van der Waals surface area contributed by atoms with Crippen molar-refractivity contribution in [2.45, 2.75) is 20.3 Å². The smallest absolute Gasteiger partial charge is 0.308 e. The number of hydrogen-bond donors (Lipinski definition) is 2. The van der Waals surface area contributed by atoms with Crippen molar-refractivity contribution >= 4 is 23.1 Å². The molecule has 0 radical (unpaired) electrons. The van der Waals surface area contributed by atoms with Gasteiger partial charge in [0.2, 0.25) is 0 Å². The Kier molecular flexibility index (Phi) is 4.81. The van der Waals surface area contributed by atoms with Crippen LogP contribution in [0.25, 0.3) is 16.9 Å². The van der Waals surface area contributed by atoms with Crippen LogP contribution in [0.4, 0.5) is 16.2 Å². The molecule has 0 unspecified atom stereocenters. The summed E-state index contributed by atoms with van der Waals surface area (Å²) in [6.07, 6.45) is 4.99. The highest BCUT2D eigenvalue weighted by molar-refractivity contribution is 5.99. The van der Waals surface area contributed by atoms with Gasteiger partial charge in [0.05, 0.1) is 5.69 Å². The SMILES string of the molecule is CCc1ccc(NC(=O)Nc2ccc(-c3cn4ccc(C)cc4n3)cc2)cc1. The first-order valence-electron chi connectivity index (χ1n) is 9.33.